The van der Waals surface area contributed by atoms with Crippen LogP contribution >= 0.6 is 0 Å². The van der Waals surface area contributed by atoms with Crippen LogP contribution in [0.5, 0.6) is 0 Å². The zero-order chi connectivity index (χ0) is 17.9. The maximum atomic E-state index is 13.8. The molecular formula is C14H14F4N4O2. The van der Waals surface area contributed by atoms with Gasteiger partial charge >= 0.3 is 6.18 Å². The van der Waals surface area contributed by atoms with Crippen molar-refractivity contribution in [3.05, 3.63) is 41.5 Å². The van der Waals surface area contributed by atoms with E-state index < -0.39 is 47.6 Å². The van der Waals surface area contributed by atoms with Crippen molar-refractivity contribution in [1.29, 1.82) is 0 Å². The van der Waals surface area contributed by atoms with Crippen LogP contribution in [0, 0.1) is 5.82 Å². The Labute approximate surface area is 134 Å². The number of rotatable bonds is 5. The van der Waals surface area contributed by atoms with Crippen molar-refractivity contribution in [1.82, 2.24) is 20.3 Å². The number of benzene rings is 1. The number of hydrogen-bond donors (Lipinski definition) is 2. The number of halogens is 4. The van der Waals surface area contributed by atoms with E-state index in [1.54, 1.807) is 6.92 Å². The maximum absolute atomic E-state index is 13.8. The van der Waals surface area contributed by atoms with Crippen molar-refractivity contribution in [3.63, 3.8) is 0 Å². The molecule has 6 nitrogen and oxygen atoms in total. The molecular weight excluding hydrogens is 332 g/mol. The summed E-state index contributed by atoms with van der Waals surface area (Å²) >= 11 is 0. The summed E-state index contributed by atoms with van der Waals surface area (Å²) in [5, 5.41) is 17.8. The molecule has 0 aliphatic carbocycles. The molecule has 130 valence electrons. The van der Waals surface area contributed by atoms with Gasteiger partial charge in [-0.05, 0) is 18.6 Å². The van der Waals surface area contributed by atoms with Gasteiger partial charge in [0.1, 0.15) is 11.5 Å². The van der Waals surface area contributed by atoms with Crippen LogP contribution in [-0.4, -0.2) is 38.7 Å². The number of nitrogens with one attached hydrogen (secondary N) is 1. The molecule has 1 unspecified atom stereocenters. The van der Waals surface area contributed by atoms with E-state index >= 15 is 0 Å². The highest BCUT2D eigenvalue weighted by atomic mass is 19.4. The number of carbonyl (C=O) groups is 1. The van der Waals surface area contributed by atoms with Gasteiger partial charge in [0.05, 0.1) is 12.6 Å². The van der Waals surface area contributed by atoms with Crippen molar-refractivity contribution >= 4 is 5.91 Å². The lowest BCUT2D eigenvalue weighted by Crippen LogP contribution is -2.38. The van der Waals surface area contributed by atoms with Crippen LogP contribution in [0.3, 0.4) is 0 Å². The summed E-state index contributed by atoms with van der Waals surface area (Å²) in [7, 11) is 0. The van der Waals surface area contributed by atoms with E-state index in [0.29, 0.717) is 6.42 Å². The van der Waals surface area contributed by atoms with E-state index in [2.05, 4.69) is 15.6 Å². The lowest BCUT2D eigenvalue weighted by molar-refractivity contribution is -0.143. The zero-order valence-corrected chi connectivity index (χ0v) is 12.5. The first-order chi connectivity index (χ1) is 11.3. The first kappa shape index (κ1) is 17.9. The second-order valence-electron chi connectivity index (χ2n) is 4.91. The third-order valence-corrected chi connectivity index (χ3v) is 3.28. The van der Waals surface area contributed by atoms with E-state index in [4.69, 9.17) is 5.11 Å². The van der Waals surface area contributed by atoms with Crippen LogP contribution in [0.25, 0.3) is 5.69 Å². The highest BCUT2D eigenvalue weighted by molar-refractivity contribution is 5.93. The largest absolute Gasteiger partial charge is 0.435 e. The molecule has 0 aliphatic rings. The van der Waals surface area contributed by atoms with Crippen molar-refractivity contribution in [2.45, 2.75) is 25.6 Å². The Kier molecular flexibility index (Phi) is 5.17. The summed E-state index contributed by atoms with van der Waals surface area (Å²) in [6, 6.07) is 3.97. The molecule has 1 heterocycles. The number of hydrogen-bond acceptors (Lipinski definition) is 4. The van der Waals surface area contributed by atoms with Gasteiger partial charge < -0.3 is 10.4 Å². The molecule has 2 aromatic rings. The molecule has 0 fully saturated rings. The van der Waals surface area contributed by atoms with Gasteiger partial charge in [0.15, 0.2) is 11.4 Å². The quantitative estimate of drug-likeness (QED) is 0.811. The first-order valence-electron chi connectivity index (χ1n) is 6.99. The lowest BCUT2D eigenvalue weighted by atomic mass is 10.2. The molecule has 2 N–H and O–H groups in total. The summed E-state index contributed by atoms with van der Waals surface area (Å²) in [5.74, 6) is -2.09. The summed E-state index contributed by atoms with van der Waals surface area (Å²) in [5.41, 5.74) is -2.96. The summed E-state index contributed by atoms with van der Waals surface area (Å²) < 4.78 is 54.1. The summed E-state index contributed by atoms with van der Waals surface area (Å²) in [6.07, 6.45) is -4.68. The molecule has 1 aromatic carbocycles. The molecule has 1 atom stereocenters. The fraction of sp³-hybridized carbons (Fsp3) is 0.357. The fourth-order valence-corrected chi connectivity index (χ4v) is 2.01. The summed E-state index contributed by atoms with van der Waals surface area (Å²) in [4.78, 5) is 12.0. The number of carbonyl (C=O) groups excluding carboxylic acids is 1. The van der Waals surface area contributed by atoms with E-state index in [-0.39, 0.29) is 4.68 Å². The fourth-order valence-electron chi connectivity index (χ4n) is 2.01. The minimum atomic E-state index is -4.99. The van der Waals surface area contributed by atoms with Gasteiger partial charge in [-0.15, -0.1) is 5.10 Å². The predicted octanol–water partition coefficient (Wildman–Crippen LogP) is 1.93. The van der Waals surface area contributed by atoms with Gasteiger partial charge in [-0.1, -0.05) is 24.3 Å². The molecule has 0 spiro atoms. The molecule has 0 saturated carbocycles. The number of aromatic nitrogens is 3. The van der Waals surface area contributed by atoms with E-state index in [0.717, 1.165) is 12.1 Å². The number of amides is 1. The smallest absolute Gasteiger partial charge is 0.394 e. The Morgan fingerprint density at radius 2 is 2.04 bits per heavy atom. The van der Waals surface area contributed by atoms with Crippen LogP contribution in [0.1, 0.15) is 29.5 Å². The second kappa shape index (κ2) is 6.95. The average Bonchev–Trinajstić information content (AvgIpc) is 2.98. The van der Waals surface area contributed by atoms with Crippen LogP contribution in [-0.2, 0) is 6.18 Å². The molecule has 2 rings (SSSR count). The minimum absolute atomic E-state index is 0.240. The van der Waals surface area contributed by atoms with Crippen molar-refractivity contribution in [3.8, 4) is 5.69 Å². The molecule has 1 aromatic heterocycles. The second-order valence-corrected chi connectivity index (χ2v) is 4.91. The molecule has 24 heavy (non-hydrogen) atoms. The molecule has 0 aliphatic heterocycles. The van der Waals surface area contributed by atoms with Gasteiger partial charge in [0.2, 0.25) is 0 Å². The van der Waals surface area contributed by atoms with E-state index in [1.165, 1.54) is 12.1 Å². The zero-order valence-electron chi connectivity index (χ0n) is 12.5. The SMILES string of the molecule is CCC(CO)NC(=O)c1nnn(-c2ccccc2F)c1C(F)(F)F. The Bertz CT molecular complexity index is 726. The van der Waals surface area contributed by atoms with Crippen molar-refractivity contribution in [2.24, 2.45) is 0 Å². The van der Waals surface area contributed by atoms with Crippen LogP contribution in [0.15, 0.2) is 24.3 Å². The van der Waals surface area contributed by atoms with Gasteiger partial charge in [-0.3, -0.25) is 4.79 Å². The molecule has 0 saturated heterocycles. The van der Waals surface area contributed by atoms with E-state index in [1.807, 2.05) is 0 Å². The Morgan fingerprint density at radius 1 is 1.38 bits per heavy atom. The van der Waals surface area contributed by atoms with Gasteiger partial charge in [-0.25, -0.2) is 9.07 Å². The lowest BCUT2D eigenvalue weighted by Gasteiger charge is -2.15. The van der Waals surface area contributed by atoms with Gasteiger partial charge in [0.25, 0.3) is 5.91 Å². The van der Waals surface area contributed by atoms with Crippen LogP contribution in [0.4, 0.5) is 17.6 Å². The van der Waals surface area contributed by atoms with Crippen LogP contribution in [0.2, 0.25) is 0 Å². The molecule has 0 bridgehead atoms. The average molecular weight is 346 g/mol. The normalized spacial score (nSPS) is 12.9. The highest BCUT2D eigenvalue weighted by Crippen LogP contribution is 2.33. The number of aliphatic hydroxyl groups is 1. The van der Waals surface area contributed by atoms with Crippen molar-refractivity contribution in [2.75, 3.05) is 6.61 Å². The number of aliphatic hydroxyl groups excluding tert-OH is 1. The first-order valence-corrected chi connectivity index (χ1v) is 6.99. The van der Waals surface area contributed by atoms with Gasteiger partial charge in [-0.2, -0.15) is 13.2 Å². The standard InChI is InChI=1S/C14H14F4N4O2/c1-2-8(7-23)19-13(24)11-12(14(16,17)18)22(21-20-11)10-6-4-3-5-9(10)15/h3-6,8,23H,2,7H2,1H3,(H,19,24). The third-order valence-electron chi connectivity index (χ3n) is 3.28. The number of para-hydroxylation sites is 1. The minimum Gasteiger partial charge on any atom is -0.394 e. The Balaban J connectivity index is 2.52. The topological polar surface area (TPSA) is 80.0 Å². The van der Waals surface area contributed by atoms with E-state index in [9.17, 15) is 22.4 Å². The predicted molar refractivity (Wildman–Crippen MR) is 75.0 cm³/mol. The van der Waals surface area contributed by atoms with Crippen LogP contribution < -0.4 is 5.32 Å². The Morgan fingerprint density at radius 3 is 2.58 bits per heavy atom. The van der Waals surface area contributed by atoms with Gasteiger partial charge in [0, 0.05) is 0 Å². The number of nitrogens with zero attached hydrogens (tertiary/aromatic N) is 3. The van der Waals surface area contributed by atoms with Crippen molar-refractivity contribution < 1.29 is 27.5 Å². The monoisotopic (exact) mass is 346 g/mol. The number of alkyl halides is 3. The molecule has 0 radical (unpaired) electrons. The third kappa shape index (κ3) is 3.53. The highest BCUT2D eigenvalue weighted by Gasteiger charge is 2.42. The Hall–Kier alpha value is -2.49. The maximum Gasteiger partial charge on any atom is 0.435 e. The molecule has 1 amide bonds. The molecule has 10 heteroatoms. The summed E-state index contributed by atoms with van der Waals surface area (Å²) in [6.45, 7) is 1.20.